The third-order valence-electron chi connectivity index (χ3n) is 4.35. The average Bonchev–Trinajstić information content (AvgIpc) is 2.72. The smallest absolute Gasteiger partial charge is 0.161 e. The molecule has 0 aliphatic rings. The molecule has 0 N–H and O–H groups in total. The van der Waals surface area contributed by atoms with Gasteiger partial charge in [-0.2, -0.15) is 0 Å². The summed E-state index contributed by atoms with van der Waals surface area (Å²) in [5.41, 5.74) is 2.17. The van der Waals surface area contributed by atoms with E-state index < -0.39 is 5.97 Å². The molecule has 0 unspecified atom stereocenters. The Kier molecular flexibility index (Phi) is 6.27. The fraction of sp³-hybridized carbons (Fsp3) is 0.217. The summed E-state index contributed by atoms with van der Waals surface area (Å²) in [6, 6.07) is 14.3. The molecule has 2 aromatic carbocycles. The van der Waals surface area contributed by atoms with E-state index in [0.717, 1.165) is 18.4 Å². The number of carbonyl (C=O) groups excluding carboxylic acids is 1. The molecule has 0 atom stereocenters. The first-order valence-corrected chi connectivity index (χ1v) is 9.22. The van der Waals surface area contributed by atoms with Gasteiger partial charge in [0.05, 0.1) is 30.9 Å². The Labute approximate surface area is 164 Å². The van der Waals surface area contributed by atoms with Crippen molar-refractivity contribution >= 4 is 29.0 Å². The van der Waals surface area contributed by atoms with Crippen LogP contribution >= 0.6 is 0 Å². The summed E-state index contributed by atoms with van der Waals surface area (Å²) >= 11 is 0. The van der Waals surface area contributed by atoms with E-state index in [2.05, 4.69) is 11.9 Å². The van der Waals surface area contributed by atoms with Crippen LogP contribution in [0.25, 0.3) is 23.1 Å². The lowest BCUT2D eigenvalue weighted by molar-refractivity contribution is -0.254. The first-order valence-electron chi connectivity index (χ1n) is 9.22. The molecule has 3 aromatic rings. The zero-order chi connectivity index (χ0) is 19.9. The minimum absolute atomic E-state index is 0.127. The highest BCUT2D eigenvalue weighted by atomic mass is 16.5. The van der Waals surface area contributed by atoms with E-state index in [1.54, 1.807) is 31.4 Å². The molecule has 5 nitrogen and oxygen atoms in total. The van der Waals surface area contributed by atoms with Gasteiger partial charge in [0.2, 0.25) is 0 Å². The van der Waals surface area contributed by atoms with Gasteiger partial charge in [-0.25, -0.2) is 4.98 Å². The van der Waals surface area contributed by atoms with E-state index in [1.165, 1.54) is 6.07 Å². The third-order valence-corrected chi connectivity index (χ3v) is 4.35. The van der Waals surface area contributed by atoms with Gasteiger partial charge in [-0.15, -0.1) is 0 Å². The van der Waals surface area contributed by atoms with Crippen LogP contribution in [-0.4, -0.2) is 24.7 Å². The Balaban J connectivity index is 1.88. The Morgan fingerprint density at radius 2 is 1.93 bits per heavy atom. The number of methoxy groups -OCH3 is 1. The molecule has 0 saturated heterocycles. The predicted octanol–water partition coefficient (Wildman–Crippen LogP) is 3.96. The lowest BCUT2D eigenvalue weighted by atomic mass is 10.1. The average molecular weight is 376 g/mol. The van der Waals surface area contributed by atoms with Crippen molar-refractivity contribution < 1.29 is 19.4 Å². The number of rotatable bonds is 8. The molecule has 0 fully saturated rings. The molecule has 28 heavy (non-hydrogen) atoms. The van der Waals surface area contributed by atoms with E-state index in [-0.39, 0.29) is 5.56 Å². The van der Waals surface area contributed by atoms with Gasteiger partial charge in [0.1, 0.15) is 0 Å². The zero-order valence-corrected chi connectivity index (χ0v) is 16.0. The second-order valence-corrected chi connectivity index (χ2v) is 6.34. The highest BCUT2D eigenvalue weighted by Crippen LogP contribution is 2.29. The number of carbonyl (C=O) groups is 1. The fourth-order valence-electron chi connectivity index (χ4n) is 2.87. The minimum Gasteiger partial charge on any atom is -0.545 e. The predicted molar refractivity (Wildman–Crippen MR) is 108 cm³/mol. The number of carboxylic acid groups (broad SMARTS) is 1. The maximum Gasteiger partial charge on any atom is 0.161 e. The molecule has 0 radical (unpaired) electrons. The first-order chi connectivity index (χ1) is 13.6. The second-order valence-electron chi connectivity index (χ2n) is 6.34. The van der Waals surface area contributed by atoms with Gasteiger partial charge in [0.15, 0.2) is 11.5 Å². The summed E-state index contributed by atoms with van der Waals surface area (Å²) in [5, 5.41) is 12.0. The van der Waals surface area contributed by atoms with Crippen molar-refractivity contribution in [2.45, 2.75) is 19.8 Å². The Hall–Kier alpha value is -3.34. The molecule has 0 spiro atoms. The standard InChI is InChI=1S/C23H23NO4/c1-3-4-13-28-21-12-10-16(14-22(21)27-2)9-11-17-15-19(23(25)26)18-7-5-6-8-20(18)24-17/h5-12,14-15H,3-4,13H2,1-2H3,(H,25,26)/p-1/b11-9+. The monoisotopic (exact) mass is 376 g/mol. The van der Waals surface area contributed by atoms with Crippen LogP contribution in [0.4, 0.5) is 0 Å². The van der Waals surface area contributed by atoms with Gasteiger partial charge in [-0.05, 0) is 42.3 Å². The minimum atomic E-state index is -1.22. The molecule has 3 rings (SSSR count). The van der Waals surface area contributed by atoms with Crippen molar-refractivity contribution in [2.75, 3.05) is 13.7 Å². The van der Waals surface area contributed by atoms with Crippen molar-refractivity contribution in [1.29, 1.82) is 0 Å². The van der Waals surface area contributed by atoms with Crippen molar-refractivity contribution in [3.63, 3.8) is 0 Å². The number of aromatic carboxylic acids is 1. The zero-order valence-electron chi connectivity index (χ0n) is 16.0. The van der Waals surface area contributed by atoms with E-state index >= 15 is 0 Å². The highest BCUT2D eigenvalue weighted by Gasteiger charge is 2.06. The van der Waals surface area contributed by atoms with Crippen LogP contribution < -0.4 is 14.6 Å². The van der Waals surface area contributed by atoms with Crippen molar-refractivity contribution in [3.05, 3.63) is 65.4 Å². The summed E-state index contributed by atoms with van der Waals surface area (Å²) in [5.74, 6) is 0.139. The van der Waals surface area contributed by atoms with Crippen LogP contribution in [0.5, 0.6) is 11.5 Å². The molecule has 0 amide bonds. The topological polar surface area (TPSA) is 71.5 Å². The van der Waals surface area contributed by atoms with E-state index in [0.29, 0.717) is 34.7 Å². The molecular weight excluding hydrogens is 354 g/mol. The van der Waals surface area contributed by atoms with Crippen molar-refractivity contribution in [3.8, 4) is 11.5 Å². The molecular formula is C23H22NO4-. The van der Waals surface area contributed by atoms with Crippen LogP contribution in [0.2, 0.25) is 0 Å². The van der Waals surface area contributed by atoms with E-state index in [1.807, 2.05) is 30.3 Å². The first kappa shape index (κ1) is 19.4. The summed E-state index contributed by atoms with van der Waals surface area (Å²) < 4.78 is 11.2. The molecule has 5 heteroatoms. The lowest BCUT2D eigenvalue weighted by Gasteiger charge is -2.11. The van der Waals surface area contributed by atoms with Crippen molar-refractivity contribution in [2.24, 2.45) is 0 Å². The summed E-state index contributed by atoms with van der Waals surface area (Å²) in [6.45, 7) is 2.76. The highest BCUT2D eigenvalue weighted by molar-refractivity contribution is 6.02. The van der Waals surface area contributed by atoms with Crippen LogP contribution in [-0.2, 0) is 0 Å². The number of hydrogen-bond acceptors (Lipinski definition) is 5. The Morgan fingerprint density at radius 1 is 1.11 bits per heavy atom. The lowest BCUT2D eigenvalue weighted by Crippen LogP contribution is -2.22. The number of unbranched alkanes of at least 4 members (excludes halogenated alkanes) is 1. The summed E-state index contributed by atoms with van der Waals surface area (Å²) in [6.07, 6.45) is 5.68. The van der Waals surface area contributed by atoms with Gasteiger partial charge in [0.25, 0.3) is 0 Å². The van der Waals surface area contributed by atoms with Crippen LogP contribution in [0.3, 0.4) is 0 Å². The number of benzene rings is 2. The summed E-state index contributed by atoms with van der Waals surface area (Å²) in [4.78, 5) is 16.0. The molecule has 0 saturated carbocycles. The molecule has 144 valence electrons. The number of nitrogens with zero attached hydrogens (tertiary/aromatic N) is 1. The Morgan fingerprint density at radius 3 is 2.68 bits per heavy atom. The number of pyridine rings is 1. The number of hydrogen-bond donors (Lipinski definition) is 0. The Bertz CT molecular complexity index is 1010. The van der Waals surface area contributed by atoms with Gasteiger partial charge >= 0.3 is 0 Å². The molecule has 1 heterocycles. The van der Waals surface area contributed by atoms with Crippen molar-refractivity contribution in [1.82, 2.24) is 4.98 Å². The van der Waals surface area contributed by atoms with Gasteiger partial charge < -0.3 is 19.4 Å². The van der Waals surface area contributed by atoms with E-state index in [9.17, 15) is 9.90 Å². The number of carboxylic acids is 1. The third kappa shape index (κ3) is 4.49. The number of ether oxygens (including phenoxy) is 2. The van der Waals surface area contributed by atoms with Crippen LogP contribution in [0.15, 0.2) is 48.5 Å². The fourth-order valence-corrected chi connectivity index (χ4v) is 2.87. The molecule has 0 aliphatic carbocycles. The normalized spacial score (nSPS) is 11.1. The molecule has 1 aromatic heterocycles. The molecule has 0 aliphatic heterocycles. The van der Waals surface area contributed by atoms with E-state index in [4.69, 9.17) is 9.47 Å². The van der Waals surface area contributed by atoms with Crippen LogP contribution in [0.1, 0.15) is 41.4 Å². The number of aromatic nitrogens is 1. The maximum absolute atomic E-state index is 11.5. The van der Waals surface area contributed by atoms with Gasteiger partial charge in [-0.1, -0.05) is 43.7 Å². The van der Waals surface area contributed by atoms with Gasteiger partial charge in [-0.3, -0.25) is 0 Å². The quantitative estimate of drug-likeness (QED) is 0.557. The van der Waals surface area contributed by atoms with Crippen LogP contribution in [0, 0.1) is 0 Å². The summed E-state index contributed by atoms with van der Waals surface area (Å²) in [7, 11) is 1.60. The maximum atomic E-state index is 11.5. The SMILES string of the molecule is CCCCOc1ccc(/C=C/c2cc(C(=O)[O-])c3ccccc3n2)cc1OC. The number of para-hydroxylation sites is 1. The molecule has 0 bridgehead atoms. The van der Waals surface area contributed by atoms with Gasteiger partial charge in [0, 0.05) is 10.9 Å². The number of fused-ring (bicyclic) bond motifs is 1. The second kappa shape index (κ2) is 9.04. The largest absolute Gasteiger partial charge is 0.545 e.